The first kappa shape index (κ1) is 17.1. The molecule has 0 aliphatic heterocycles. The number of nitrogens with one attached hydrogen (secondary N) is 1. The molecule has 8 heteroatoms. The van der Waals surface area contributed by atoms with E-state index in [1.54, 1.807) is 0 Å². The molecule has 25 heavy (non-hydrogen) atoms. The van der Waals surface area contributed by atoms with Gasteiger partial charge in [-0.1, -0.05) is 42.7 Å². The van der Waals surface area contributed by atoms with E-state index in [2.05, 4.69) is 20.7 Å². The number of hydrogen-bond acceptors (Lipinski definition) is 5. The van der Waals surface area contributed by atoms with Gasteiger partial charge in [0.2, 0.25) is 11.7 Å². The highest BCUT2D eigenvalue weighted by atomic mass is 16.4. The van der Waals surface area contributed by atoms with Gasteiger partial charge in [-0.3, -0.25) is 9.59 Å². The summed E-state index contributed by atoms with van der Waals surface area (Å²) in [7, 11) is 0. The molecular weight excluding hydrogens is 322 g/mol. The largest absolute Gasteiger partial charge is 0.481 e. The average Bonchev–Trinajstić information content (AvgIpc) is 3.17. The lowest BCUT2D eigenvalue weighted by Crippen LogP contribution is -2.49. The molecule has 0 radical (unpaired) electrons. The summed E-state index contributed by atoms with van der Waals surface area (Å²) in [5.74, 6) is -0.743. The second kappa shape index (κ2) is 7.00. The van der Waals surface area contributed by atoms with Crippen molar-refractivity contribution in [1.82, 2.24) is 25.5 Å². The Hall–Kier alpha value is -2.77. The van der Waals surface area contributed by atoms with Gasteiger partial charge in [0.1, 0.15) is 6.54 Å². The SMILES string of the molecule is Cc1ccc(-c2nnn(CC(=O)NC3(CC(=O)O)CCCC3)n2)cc1. The van der Waals surface area contributed by atoms with Crippen molar-refractivity contribution in [3.8, 4) is 11.4 Å². The van der Waals surface area contributed by atoms with Crippen molar-refractivity contribution >= 4 is 11.9 Å². The normalized spacial score (nSPS) is 15.9. The van der Waals surface area contributed by atoms with E-state index in [0.29, 0.717) is 18.7 Å². The minimum absolute atomic E-state index is 0.0574. The molecule has 0 bridgehead atoms. The maximum atomic E-state index is 12.3. The molecular formula is C17H21N5O3. The number of carbonyl (C=O) groups excluding carboxylic acids is 1. The summed E-state index contributed by atoms with van der Waals surface area (Å²) in [5.41, 5.74) is 1.31. The van der Waals surface area contributed by atoms with Crippen molar-refractivity contribution in [2.75, 3.05) is 0 Å². The van der Waals surface area contributed by atoms with Crippen molar-refractivity contribution < 1.29 is 14.7 Å². The van der Waals surface area contributed by atoms with E-state index in [9.17, 15) is 9.59 Å². The van der Waals surface area contributed by atoms with Gasteiger partial charge in [0.25, 0.3) is 0 Å². The number of nitrogens with zero attached hydrogens (tertiary/aromatic N) is 4. The first-order chi connectivity index (χ1) is 12.0. The first-order valence-electron chi connectivity index (χ1n) is 8.33. The minimum Gasteiger partial charge on any atom is -0.481 e. The highest BCUT2D eigenvalue weighted by Crippen LogP contribution is 2.32. The third-order valence-electron chi connectivity index (χ3n) is 4.50. The lowest BCUT2D eigenvalue weighted by atomic mass is 9.93. The number of carbonyl (C=O) groups is 2. The van der Waals surface area contributed by atoms with Crippen LogP contribution in [0.4, 0.5) is 0 Å². The molecule has 1 heterocycles. The van der Waals surface area contributed by atoms with Crippen molar-refractivity contribution in [2.24, 2.45) is 0 Å². The van der Waals surface area contributed by atoms with Crippen LogP contribution in [0.3, 0.4) is 0 Å². The number of rotatable bonds is 6. The van der Waals surface area contributed by atoms with Crippen molar-refractivity contribution in [3.63, 3.8) is 0 Å². The molecule has 0 unspecified atom stereocenters. The molecule has 1 aromatic heterocycles. The Balaban J connectivity index is 1.65. The number of benzene rings is 1. The summed E-state index contributed by atoms with van der Waals surface area (Å²) in [5, 5.41) is 24.1. The van der Waals surface area contributed by atoms with E-state index in [0.717, 1.165) is 24.0 Å². The second-order valence-corrected chi connectivity index (χ2v) is 6.62. The summed E-state index contributed by atoms with van der Waals surface area (Å²) in [6.45, 7) is 1.91. The Morgan fingerprint density at radius 2 is 1.92 bits per heavy atom. The van der Waals surface area contributed by atoms with E-state index in [1.807, 2.05) is 31.2 Å². The van der Waals surface area contributed by atoms with Crippen molar-refractivity contribution in [3.05, 3.63) is 29.8 Å². The van der Waals surface area contributed by atoms with Gasteiger partial charge in [-0.2, -0.15) is 4.80 Å². The molecule has 3 rings (SSSR count). The number of amides is 1. The summed E-state index contributed by atoms with van der Waals surface area (Å²) < 4.78 is 0. The van der Waals surface area contributed by atoms with Crippen LogP contribution in [0.5, 0.6) is 0 Å². The molecule has 1 aliphatic carbocycles. The van der Waals surface area contributed by atoms with E-state index in [1.165, 1.54) is 4.80 Å². The van der Waals surface area contributed by atoms with Gasteiger partial charge in [0.05, 0.1) is 12.0 Å². The van der Waals surface area contributed by atoms with Gasteiger partial charge in [-0.05, 0) is 25.0 Å². The number of carboxylic acid groups (broad SMARTS) is 1. The fourth-order valence-electron chi connectivity index (χ4n) is 3.28. The molecule has 1 aliphatic rings. The van der Waals surface area contributed by atoms with Crippen LogP contribution >= 0.6 is 0 Å². The van der Waals surface area contributed by atoms with E-state index >= 15 is 0 Å². The van der Waals surface area contributed by atoms with Crippen LogP contribution in [0.2, 0.25) is 0 Å². The lowest BCUT2D eigenvalue weighted by molar-refractivity contribution is -0.139. The Bertz CT molecular complexity index is 763. The minimum atomic E-state index is -0.900. The first-order valence-corrected chi connectivity index (χ1v) is 8.33. The summed E-state index contributed by atoms with van der Waals surface area (Å²) in [6.07, 6.45) is 3.16. The monoisotopic (exact) mass is 343 g/mol. The third kappa shape index (κ3) is 4.20. The number of aryl methyl sites for hydroxylation is 1. The molecule has 8 nitrogen and oxygen atoms in total. The number of hydrogen-bond donors (Lipinski definition) is 2. The Kier molecular flexibility index (Phi) is 4.78. The predicted molar refractivity (Wildman–Crippen MR) is 89.6 cm³/mol. The summed E-state index contributed by atoms with van der Waals surface area (Å²) in [4.78, 5) is 24.6. The fraction of sp³-hybridized carbons (Fsp3) is 0.471. The van der Waals surface area contributed by atoms with Crippen LogP contribution in [0.15, 0.2) is 24.3 Å². The molecule has 1 amide bonds. The molecule has 2 aromatic rings. The second-order valence-electron chi connectivity index (χ2n) is 6.62. The topological polar surface area (TPSA) is 110 Å². The van der Waals surface area contributed by atoms with E-state index < -0.39 is 11.5 Å². The molecule has 2 N–H and O–H groups in total. The maximum absolute atomic E-state index is 12.3. The summed E-state index contributed by atoms with van der Waals surface area (Å²) >= 11 is 0. The van der Waals surface area contributed by atoms with Crippen LogP contribution in [-0.4, -0.2) is 42.7 Å². The number of aliphatic carboxylic acids is 1. The van der Waals surface area contributed by atoms with Crippen LogP contribution in [0.25, 0.3) is 11.4 Å². The van der Waals surface area contributed by atoms with Crippen LogP contribution in [-0.2, 0) is 16.1 Å². The molecule has 1 saturated carbocycles. The van der Waals surface area contributed by atoms with Gasteiger partial charge in [0.15, 0.2) is 0 Å². The predicted octanol–water partition coefficient (Wildman–Crippen LogP) is 1.55. The smallest absolute Gasteiger partial charge is 0.305 e. The molecule has 132 valence electrons. The van der Waals surface area contributed by atoms with Gasteiger partial charge in [-0.15, -0.1) is 10.2 Å². The van der Waals surface area contributed by atoms with Gasteiger partial charge >= 0.3 is 5.97 Å². The zero-order valence-corrected chi connectivity index (χ0v) is 14.1. The quantitative estimate of drug-likeness (QED) is 0.823. The molecule has 0 atom stereocenters. The van der Waals surface area contributed by atoms with Gasteiger partial charge in [-0.25, -0.2) is 0 Å². The van der Waals surface area contributed by atoms with Crippen LogP contribution in [0.1, 0.15) is 37.7 Å². The zero-order valence-electron chi connectivity index (χ0n) is 14.1. The standard InChI is InChI=1S/C17H21N5O3/c1-12-4-6-13(7-5-12)16-19-21-22(20-16)11-14(23)18-17(10-15(24)25)8-2-3-9-17/h4-7H,2-3,8-11H2,1H3,(H,18,23)(H,24,25). The maximum Gasteiger partial charge on any atom is 0.305 e. The zero-order chi connectivity index (χ0) is 17.9. The highest BCUT2D eigenvalue weighted by molar-refractivity contribution is 5.78. The molecule has 0 spiro atoms. The van der Waals surface area contributed by atoms with Crippen molar-refractivity contribution in [2.45, 2.75) is 51.1 Å². The lowest BCUT2D eigenvalue weighted by Gasteiger charge is -2.28. The molecule has 0 saturated heterocycles. The Morgan fingerprint density at radius 3 is 2.56 bits per heavy atom. The Labute approximate surface area is 145 Å². The van der Waals surface area contributed by atoms with Gasteiger partial charge in [0, 0.05) is 5.56 Å². The van der Waals surface area contributed by atoms with Gasteiger partial charge < -0.3 is 10.4 Å². The average molecular weight is 343 g/mol. The number of aromatic nitrogens is 4. The fourth-order valence-corrected chi connectivity index (χ4v) is 3.28. The van der Waals surface area contributed by atoms with E-state index in [4.69, 9.17) is 5.11 Å². The molecule has 1 aromatic carbocycles. The molecule has 1 fully saturated rings. The van der Waals surface area contributed by atoms with Crippen LogP contribution in [0, 0.1) is 6.92 Å². The third-order valence-corrected chi connectivity index (χ3v) is 4.50. The van der Waals surface area contributed by atoms with Crippen molar-refractivity contribution in [1.29, 1.82) is 0 Å². The summed E-state index contributed by atoms with van der Waals surface area (Å²) in [6, 6.07) is 7.71. The van der Waals surface area contributed by atoms with E-state index in [-0.39, 0.29) is 18.9 Å². The number of carboxylic acids is 1. The number of tetrazole rings is 1. The highest BCUT2D eigenvalue weighted by Gasteiger charge is 2.37. The van der Waals surface area contributed by atoms with Crippen LogP contribution < -0.4 is 5.32 Å². The Morgan fingerprint density at radius 1 is 1.24 bits per heavy atom.